The molecule has 2 aromatic heterocycles. The molecule has 1 saturated heterocycles. The van der Waals surface area contributed by atoms with Gasteiger partial charge in [-0.1, -0.05) is 29.7 Å². The lowest BCUT2D eigenvalue weighted by Gasteiger charge is -2.30. The minimum Gasteiger partial charge on any atom is -0.497 e. The summed E-state index contributed by atoms with van der Waals surface area (Å²) in [6.45, 7) is 1.12. The Morgan fingerprint density at radius 3 is 2.50 bits per heavy atom. The van der Waals surface area contributed by atoms with Crippen molar-refractivity contribution in [3.8, 4) is 23.8 Å². The van der Waals surface area contributed by atoms with Crippen LogP contribution in [-0.4, -0.2) is 95.4 Å². The summed E-state index contributed by atoms with van der Waals surface area (Å²) in [5.41, 5.74) is 0.707. The highest BCUT2D eigenvalue weighted by Gasteiger charge is 2.49. The smallest absolute Gasteiger partial charge is 0.348 e. The van der Waals surface area contributed by atoms with E-state index in [1.807, 2.05) is 12.1 Å². The number of fused-ring (bicyclic) bond motifs is 1. The fourth-order valence-corrected chi connectivity index (χ4v) is 6.09. The lowest BCUT2D eigenvalue weighted by atomic mass is 9.93. The number of aliphatic carboxylic acids is 2. The molecule has 15 nitrogen and oxygen atoms in total. The SMILES string of the molecule is C#CC(Cn1cnc2c(NCc3ccc(OC)cc3OC)cc(Cl)nc21)C(COC(Cc1ccc(N2CCCNC2=O)cc1)(C(=O)O)C(=O)O)OC. The van der Waals surface area contributed by atoms with E-state index < -0.39 is 42.6 Å². The quantitative estimate of drug-likeness (QED) is 0.0694. The topological polar surface area (TPSA) is 187 Å². The molecule has 16 heteroatoms. The number of ether oxygens (including phenoxy) is 4. The van der Waals surface area contributed by atoms with Crippen LogP contribution in [0.15, 0.2) is 54.9 Å². The molecule has 5 rings (SSSR count). The predicted molar refractivity (Wildman–Crippen MR) is 192 cm³/mol. The van der Waals surface area contributed by atoms with Gasteiger partial charge in [0.05, 0.1) is 44.9 Å². The number of benzene rings is 2. The molecule has 4 aromatic rings. The Labute approximate surface area is 304 Å². The molecule has 3 heterocycles. The van der Waals surface area contributed by atoms with Crippen molar-refractivity contribution in [2.45, 2.75) is 37.6 Å². The number of aromatic nitrogens is 3. The van der Waals surface area contributed by atoms with Crippen LogP contribution in [0, 0.1) is 18.3 Å². The second kappa shape index (κ2) is 16.6. The lowest BCUT2D eigenvalue weighted by Crippen LogP contribution is -2.52. The van der Waals surface area contributed by atoms with Crippen LogP contribution in [0.5, 0.6) is 11.5 Å². The van der Waals surface area contributed by atoms with E-state index in [0.29, 0.717) is 59.2 Å². The Morgan fingerprint density at radius 1 is 1.12 bits per heavy atom. The summed E-state index contributed by atoms with van der Waals surface area (Å²) in [7, 11) is 4.52. The Balaban J connectivity index is 1.31. The number of imidazole rings is 1. The van der Waals surface area contributed by atoms with E-state index in [1.54, 1.807) is 66.4 Å². The van der Waals surface area contributed by atoms with Crippen molar-refractivity contribution >= 4 is 52.1 Å². The third-order valence-electron chi connectivity index (χ3n) is 8.83. The summed E-state index contributed by atoms with van der Waals surface area (Å²) in [6.07, 6.45) is 6.81. The van der Waals surface area contributed by atoms with Gasteiger partial charge in [-0.25, -0.2) is 24.4 Å². The number of nitrogens with one attached hydrogen (secondary N) is 2. The largest absolute Gasteiger partial charge is 0.497 e. The summed E-state index contributed by atoms with van der Waals surface area (Å²) in [6, 6.07) is 13.3. The molecule has 4 N–H and O–H groups in total. The predicted octanol–water partition coefficient (Wildman–Crippen LogP) is 4.07. The van der Waals surface area contributed by atoms with Crippen LogP contribution >= 0.6 is 11.6 Å². The average molecular weight is 735 g/mol. The summed E-state index contributed by atoms with van der Waals surface area (Å²) in [5.74, 6) is -0.186. The van der Waals surface area contributed by atoms with Crippen molar-refractivity contribution in [1.29, 1.82) is 0 Å². The summed E-state index contributed by atoms with van der Waals surface area (Å²) in [5, 5.41) is 26.7. The second-order valence-corrected chi connectivity index (χ2v) is 12.4. The van der Waals surface area contributed by atoms with Gasteiger partial charge in [0.15, 0.2) is 5.65 Å². The van der Waals surface area contributed by atoms with E-state index in [0.717, 1.165) is 12.0 Å². The van der Waals surface area contributed by atoms with Crippen LogP contribution in [-0.2, 0) is 38.6 Å². The number of hydrogen-bond acceptors (Lipinski definition) is 10. The Kier molecular flexibility index (Phi) is 12.1. The molecule has 1 aliphatic rings. The number of urea groups is 1. The van der Waals surface area contributed by atoms with Gasteiger partial charge in [0.2, 0.25) is 0 Å². The van der Waals surface area contributed by atoms with Gasteiger partial charge in [-0.2, -0.15) is 0 Å². The highest BCUT2D eigenvalue weighted by Crippen LogP contribution is 2.30. The number of anilines is 2. The highest BCUT2D eigenvalue weighted by molar-refractivity contribution is 6.30. The molecule has 0 bridgehead atoms. The molecule has 0 spiro atoms. The maximum atomic E-state index is 12.5. The van der Waals surface area contributed by atoms with Gasteiger partial charge in [-0.15, -0.1) is 6.42 Å². The second-order valence-electron chi connectivity index (χ2n) is 12.0. The molecule has 52 heavy (non-hydrogen) atoms. The fraction of sp³-hybridized carbons (Fsp3) is 0.361. The van der Waals surface area contributed by atoms with E-state index >= 15 is 0 Å². The van der Waals surface area contributed by atoms with E-state index in [9.17, 15) is 24.6 Å². The van der Waals surface area contributed by atoms with Crippen molar-refractivity contribution in [3.63, 3.8) is 0 Å². The molecular formula is C36H39ClN6O9. The molecule has 0 aliphatic carbocycles. The summed E-state index contributed by atoms with van der Waals surface area (Å²) in [4.78, 5) is 47.9. The first-order chi connectivity index (χ1) is 25.0. The number of nitrogens with zero attached hydrogens (tertiary/aromatic N) is 4. The Hall–Kier alpha value is -5.56. The summed E-state index contributed by atoms with van der Waals surface area (Å²) >= 11 is 6.42. The molecule has 1 aliphatic heterocycles. The molecule has 2 unspecified atom stereocenters. The van der Waals surface area contributed by atoms with Gasteiger partial charge < -0.3 is 44.4 Å². The standard InChI is InChI=1S/C36H39ClN6O9/c1-5-23(19-42-21-40-31-27(16-30(37)41-32(31)42)39-18-24-9-12-26(49-2)15-28(24)50-3)29(51-4)20-52-36(33(44)45,34(46)47)17-22-7-10-25(11-8-22)43-14-6-13-38-35(43)48/h1,7-12,15-16,21,23,29H,6,13-14,17-20H2,2-4H3,(H,38,48)(H,39,41)(H,44,45)(H,46,47). The van der Waals surface area contributed by atoms with Gasteiger partial charge >= 0.3 is 18.0 Å². The number of rotatable bonds is 17. The zero-order chi connectivity index (χ0) is 37.4. The molecule has 2 atom stereocenters. The Morgan fingerprint density at radius 2 is 1.87 bits per heavy atom. The number of carbonyl (C=O) groups excluding carboxylic acids is 1. The first kappa shape index (κ1) is 37.7. The van der Waals surface area contributed by atoms with Crippen LogP contribution in [0.4, 0.5) is 16.2 Å². The van der Waals surface area contributed by atoms with Crippen LogP contribution < -0.4 is 25.0 Å². The number of carbonyl (C=O) groups is 3. The minimum absolute atomic E-state index is 0.104. The molecule has 2 aromatic carbocycles. The van der Waals surface area contributed by atoms with Gasteiger partial charge in [-0.3, -0.25) is 4.90 Å². The number of methoxy groups -OCH3 is 3. The first-order valence-corrected chi connectivity index (χ1v) is 16.6. The van der Waals surface area contributed by atoms with E-state index in [2.05, 4.69) is 26.5 Å². The van der Waals surface area contributed by atoms with Crippen LogP contribution in [0.25, 0.3) is 11.2 Å². The number of pyridine rings is 1. The maximum Gasteiger partial charge on any atom is 0.348 e. The molecule has 0 radical (unpaired) electrons. The minimum atomic E-state index is -2.66. The van der Waals surface area contributed by atoms with E-state index in [1.165, 1.54) is 7.11 Å². The van der Waals surface area contributed by atoms with Gasteiger partial charge in [0, 0.05) is 63.1 Å². The van der Waals surface area contributed by atoms with Gasteiger partial charge in [0.25, 0.3) is 5.60 Å². The van der Waals surface area contributed by atoms with Crippen LogP contribution in [0.3, 0.4) is 0 Å². The number of terminal acetylenes is 1. The number of amides is 2. The maximum absolute atomic E-state index is 12.5. The fourth-order valence-electron chi connectivity index (χ4n) is 5.90. The third kappa shape index (κ3) is 8.15. The van der Waals surface area contributed by atoms with Crippen LogP contribution in [0.1, 0.15) is 17.5 Å². The van der Waals surface area contributed by atoms with Crippen molar-refractivity contribution < 1.29 is 43.5 Å². The molecule has 1 fully saturated rings. The number of hydrogen-bond donors (Lipinski definition) is 4. The van der Waals surface area contributed by atoms with Gasteiger partial charge in [0.1, 0.15) is 22.2 Å². The van der Waals surface area contributed by atoms with Crippen molar-refractivity contribution in [2.75, 3.05) is 51.2 Å². The summed E-state index contributed by atoms with van der Waals surface area (Å²) < 4.78 is 23.8. The lowest BCUT2D eigenvalue weighted by molar-refractivity contribution is -0.188. The molecule has 274 valence electrons. The Bertz CT molecular complexity index is 1950. The molecule has 0 saturated carbocycles. The van der Waals surface area contributed by atoms with E-state index in [-0.39, 0.29) is 17.7 Å². The van der Waals surface area contributed by atoms with E-state index in [4.69, 9.17) is 37.0 Å². The number of carboxylic acids is 2. The first-order valence-electron chi connectivity index (χ1n) is 16.2. The molecular weight excluding hydrogens is 696 g/mol. The molecule has 2 amide bonds. The van der Waals surface area contributed by atoms with Crippen LogP contribution in [0.2, 0.25) is 5.15 Å². The third-order valence-corrected chi connectivity index (χ3v) is 9.02. The number of carboxylic acid groups (broad SMARTS) is 2. The zero-order valence-corrected chi connectivity index (χ0v) is 29.6. The van der Waals surface area contributed by atoms with Crippen molar-refractivity contribution in [1.82, 2.24) is 19.9 Å². The normalized spacial score (nSPS) is 14.3. The van der Waals surface area contributed by atoms with Crippen molar-refractivity contribution in [3.05, 3.63) is 71.1 Å². The van der Waals surface area contributed by atoms with Gasteiger partial charge in [-0.05, 0) is 36.2 Å². The monoisotopic (exact) mass is 734 g/mol. The zero-order valence-electron chi connectivity index (χ0n) is 28.8. The highest BCUT2D eigenvalue weighted by atomic mass is 35.5. The van der Waals surface area contributed by atoms with Crippen molar-refractivity contribution in [2.24, 2.45) is 5.92 Å². The number of halogens is 1. The average Bonchev–Trinajstić information content (AvgIpc) is 3.55.